The first kappa shape index (κ1) is 21.6. The number of nitriles is 1. The lowest BCUT2D eigenvalue weighted by molar-refractivity contribution is -0.113. The van der Waals surface area contributed by atoms with Gasteiger partial charge in [-0.25, -0.2) is 0 Å². The number of benzene rings is 3. The summed E-state index contributed by atoms with van der Waals surface area (Å²) in [7, 11) is 0. The number of carbonyl (C=O) groups is 1. The van der Waals surface area contributed by atoms with Gasteiger partial charge < -0.3 is 5.32 Å². The van der Waals surface area contributed by atoms with Crippen LogP contribution >= 0.6 is 23.4 Å². The Bertz CT molecular complexity index is 1280. The van der Waals surface area contributed by atoms with E-state index in [1.54, 1.807) is 24.3 Å². The molecule has 0 bridgehead atoms. The fourth-order valence-corrected chi connectivity index (χ4v) is 4.11. The molecule has 4 aromatic rings. The van der Waals surface area contributed by atoms with Crippen LogP contribution in [0.3, 0.4) is 0 Å². The van der Waals surface area contributed by atoms with Crippen LogP contribution in [0.5, 0.6) is 0 Å². The lowest BCUT2D eigenvalue weighted by atomic mass is 10.2. The van der Waals surface area contributed by atoms with Crippen molar-refractivity contribution in [2.24, 2.45) is 0 Å². The normalized spacial score (nSPS) is 10.5. The molecule has 1 heterocycles. The van der Waals surface area contributed by atoms with Crippen LogP contribution in [0.15, 0.2) is 84.0 Å². The van der Waals surface area contributed by atoms with E-state index in [-0.39, 0.29) is 11.7 Å². The maximum Gasteiger partial charge on any atom is 0.234 e. The standard InChI is InChI=1S/C24H18ClN5OS/c25-20-12-6-5-11-19(20)23-28-29-24(30(23)15-17-8-2-1-3-9-17)32-16-22(31)27-21-13-7-4-10-18(21)14-26/h1-13H,15-16H2,(H,27,31). The van der Waals surface area contributed by atoms with Crippen molar-refractivity contribution in [3.8, 4) is 17.5 Å². The van der Waals surface area contributed by atoms with Crippen molar-refractivity contribution >= 4 is 35.0 Å². The van der Waals surface area contributed by atoms with Gasteiger partial charge in [0.15, 0.2) is 11.0 Å². The molecule has 0 saturated carbocycles. The number of nitrogens with zero attached hydrogens (tertiary/aromatic N) is 4. The van der Waals surface area contributed by atoms with Crippen molar-refractivity contribution < 1.29 is 4.79 Å². The molecule has 0 aliphatic carbocycles. The van der Waals surface area contributed by atoms with E-state index in [2.05, 4.69) is 21.6 Å². The summed E-state index contributed by atoms with van der Waals surface area (Å²) in [6, 6.07) is 26.4. The van der Waals surface area contributed by atoms with Crippen LogP contribution < -0.4 is 5.32 Å². The highest BCUT2D eigenvalue weighted by Crippen LogP contribution is 2.30. The minimum Gasteiger partial charge on any atom is -0.324 e. The fraction of sp³-hybridized carbons (Fsp3) is 0.0833. The number of thioether (sulfide) groups is 1. The predicted molar refractivity (Wildman–Crippen MR) is 127 cm³/mol. The average molecular weight is 460 g/mol. The molecule has 1 amide bonds. The van der Waals surface area contributed by atoms with Gasteiger partial charge in [-0.1, -0.05) is 78.0 Å². The van der Waals surface area contributed by atoms with Gasteiger partial charge in [-0.3, -0.25) is 9.36 Å². The lowest BCUT2D eigenvalue weighted by Crippen LogP contribution is -2.15. The van der Waals surface area contributed by atoms with Gasteiger partial charge in [-0.2, -0.15) is 5.26 Å². The Labute approximate surface area is 194 Å². The van der Waals surface area contributed by atoms with E-state index in [0.717, 1.165) is 11.1 Å². The van der Waals surface area contributed by atoms with Crippen molar-refractivity contribution in [2.45, 2.75) is 11.7 Å². The number of aromatic nitrogens is 3. The van der Waals surface area contributed by atoms with E-state index in [4.69, 9.17) is 11.6 Å². The number of anilines is 1. The number of nitrogens with one attached hydrogen (secondary N) is 1. The second kappa shape index (κ2) is 10.1. The van der Waals surface area contributed by atoms with Crippen LogP contribution in [0.2, 0.25) is 5.02 Å². The van der Waals surface area contributed by atoms with Gasteiger partial charge in [0.25, 0.3) is 0 Å². The first-order valence-electron chi connectivity index (χ1n) is 9.79. The molecule has 1 aromatic heterocycles. The van der Waals surface area contributed by atoms with Crippen LogP contribution in [0.1, 0.15) is 11.1 Å². The van der Waals surface area contributed by atoms with E-state index in [0.29, 0.717) is 33.8 Å². The first-order chi connectivity index (χ1) is 15.7. The quantitative estimate of drug-likeness (QED) is 0.381. The maximum atomic E-state index is 12.5. The molecule has 4 rings (SSSR count). The summed E-state index contributed by atoms with van der Waals surface area (Å²) in [6.45, 7) is 0.537. The maximum absolute atomic E-state index is 12.5. The van der Waals surface area contributed by atoms with Crippen molar-refractivity contribution in [3.05, 3.63) is 95.0 Å². The Kier molecular flexibility index (Phi) is 6.85. The summed E-state index contributed by atoms with van der Waals surface area (Å²) >= 11 is 7.69. The third kappa shape index (κ3) is 4.99. The second-order valence-corrected chi connectivity index (χ2v) is 8.20. The van der Waals surface area contributed by atoms with E-state index < -0.39 is 0 Å². The molecule has 1 N–H and O–H groups in total. The number of hydrogen-bond donors (Lipinski definition) is 1. The van der Waals surface area contributed by atoms with Crippen LogP contribution in [-0.4, -0.2) is 26.4 Å². The molecule has 6 nitrogen and oxygen atoms in total. The van der Waals surface area contributed by atoms with Crippen molar-refractivity contribution in [2.75, 3.05) is 11.1 Å². The minimum absolute atomic E-state index is 0.120. The molecule has 8 heteroatoms. The van der Waals surface area contributed by atoms with Gasteiger partial charge in [0, 0.05) is 5.56 Å². The molecule has 0 radical (unpaired) electrons. The molecule has 3 aromatic carbocycles. The smallest absolute Gasteiger partial charge is 0.234 e. The number of halogens is 1. The number of para-hydroxylation sites is 1. The summed E-state index contributed by atoms with van der Waals surface area (Å²) in [5.74, 6) is 0.526. The Morgan fingerprint density at radius 3 is 2.50 bits per heavy atom. The highest BCUT2D eigenvalue weighted by molar-refractivity contribution is 7.99. The highest BCUT2D eigenvalue weighted by atomic mass is 35.5. The molecule has 0 aliphatic heterocycles. The first-order valence-corrected chi connectivity index (χ1v) is 11.2. The summed E-state index contributed by atoms with van der Waals surface area (Å²) in [5.41, 5.74) is 2.76. The van der Waals surface area contributed by atoms with Gasteiger partial charge in [0.2, 0.25) is 5.91 Å². The zero-order valence-electron chi connectivity index (χ0n) is 16.9. The van der Waals surface area contributed by atoms with Crippen LogP contribution in [-0.2, 0) is 11.3 Å². The van der Waals surface area contributed by atoms with Crippen molar-refractivity contribution in [1.29, 1.82) is 5.26 Å². The van der Waals surface area contributed by atoms with E-state index >= 15 is 0 Å². The SMILES string of the molecule is N#Cc1ccccc1NC(=O)CSc1nnc(-c2ccccc2Cl)n1Cc1ccccc1. The minimum atomic E-state index is -0.230. The largest absolute Gasteiger partial charge is 0.324 e. The topological polar surface area (TPSA) is 83.6 Å². The molecule has 32 heavy (non-hydrogen) atoms. The van der Waals surface area contributed by atoms with Crippen molar-refractivity contribution in [3.63, 3.8) is 0 Å². The summed E-state index contributed by atoms with van der Waals surface area (Å²) in [6.07, 6.45) is 0. The van der Waals surface area contributed by atoms with Crippen molar-refractivity contribution in [1.82, 2.24) is 14.8 Å². The molecule has 0 aliphatic rings. The van der Waals surface area contributed by atoms with Crippen LogP contribution in [0.25, 0.3) is 11.4 Å². The third-order valence-corrected chi connectivity index (χ3v) is 5.97. The van der Waals surface area contributed by atoms with E-state index in [1.807, 2.05) is 59.2 Å². The molecule has 0 spiro atoms. The Hall–Kier alpha value is -3.60. The number of rotatable bonds is 7. The Morgan fingerprint density at radius 2 is 1.72 bits per heavy atom. The number of amides is 1. The van der Waals surface area contributed by atoms with Gasteiger partial charge in [0.05, 0.1) is 28.6 Å². The molecule has 0 saturated heterocycles. The average Bonchev–Trinajstić information content (AvgIpc) is 3.21. The molecule has 0 atom stereocenters. The molecule has 0 unspecified atom stereocenters. The zero-order valence-corrected chi connectivity index (χ0v) is 18.5. The lowest BCUT2D eigenvalue weighted by Gasteiger charge is -2.11. The van der Waals surface area contributed by atoms with Crippen LogP contribution in [0, 0.1) is 11.3 Å². The summed E-state index contributed by atoms with van der Waals surface area (Å²) in [4.78, 5) is 12.5. The van der Waals surface area contributed by atoms with Gasteiger partial charge in [-0.05, 0) is 29.8 Å². The van der Waals surface area contributed by atoms with E-state index in [9.17, 15) is 10.1 Å². The predicted octanol–water partition coefficient (Wildman–Crippen LogP) is 5.25. The van der Waals surface area contributed by atoms with Gasteiger partial charge in [-0.15, -0.1) is 10.2 Å². The van der Waals surface area contributed by atoms with Gasteiger partial charge in [0.1, 0.15) is 6.07 Å². The fourth-order valence-electron chi connectivity index (χ4n) is 3.15. The van der Waals surface area contributed by atoms with Gasteiger partial charge >= 0.3 is 0 Å². The zero-order chi connectivity index (χ0) is 22.3. The molecule has 158 valence electrons. The third-order valence-electron chi connectivity index (χ3n) is 4.67. The van der Waals surface area contributed by atoms with E-state index in [1.165, 1.54) is 11.8 Å². The molecule has 0 fully saturated rings. The number of carbonyl (C=O) groups excluding carboxylic acids is 1. The highest BCUT2D eigenvalue weighted by Gasteiger charge is 2.18. The summed E-state index contributed by atoms with van der Waals surface area (Å²) < 4.78 is 1.96. The second-order valence-electron chi connectivity index (χ2n) is 6.85. The van der Waals surface area contributed by atoms with Crippen LogP contribution in [0.4, 0.5) is 5.69 Å². The molecular weight excluding hydrogens is 442 g/mol. The summed E-state index contributed by atoms with van der Waals surface area (Å²) in [5, 5.41) is 21.9. The Balaban J connectivity index is 1.57. The monoisotopic (exact) mass is 459 g/mol. The Morgan fingerprint density at radius 1 is 1.00 bits per heavy atom. The number of hydrogen-bond acceptors (Lipinski definition) is 5. The molecular formula is C24H18ClN5OS.